The molecular formula is C18H30N4O2S. The molecular weight excluding hydrogens is 336 g/mol. The number of rotatable bonds is 6. The van der Waals surface area contributed by atoms with Crippen molar-refractivity contribution < 1.29 is 8.42 Å². The summed E-state index contributed by atoms with van der Waals surface area (Å²) in [4.78, 5) is 4.42. The average molecular weight is 367 g/mol. The van der Waals surface area contributed by atoms with Gasteiger partial charge in [0.25, 0.3) is 0 Å². The van der Waals surface area contributed by atoms with E-state index in [4.69, 9.17) is 0 Å². The second kappa shape index (κ2) is 7.83. The van der Waals surface area contributed by atoms with Crippen molar-refractivity contribution in [2.45, 2.75) is 58.8 Å². The number of hydrazone groups is 1. The van der Waals surface area contributed by atoms with Crippen LogP contribution in [0.3, 0.4) is 0 Å². The number of pyridine rings is 1. The third-order valence-electron chi connectivity index (χ3n) is 4.58. The van der Waals surface area contributed by atoms with E-state index in [0.717, 1.165) is 18.6 Å². The van der Waals surface area contributed by atoms with Gasteiger partial charge in [-0.05, 0) is 42.7 Å². The first-order valence-corrected chi connectivity index (χ1v) is 10.4. The summed E-state index contributed by atoms with van der Waals surface area (Å²) in [5.41, 5.74) is 4.39. The van der Waals surface area contributed by atoms with Gasteiger partial charge in [-0.1, -0.05) is 34.6 Å². The highest BCUT2D eigenvalue weighted by Gasteiger charge is 2.29. The Labute approximate surface area is 151 Å². The quantitative estimate of drug-likeness (QED) is 0.779. The Bertz CT molecular complexity index is 707. The SMILES string of the molecule is CCN(CC)S(=O)(=O)c1ccc(N/N=C2\C[C@@H](C)CC(C)(C)C2)nc1. The molecule has 0 aliphatic heterocycles. The molecule has 1 aromatic rings. The van der Waals surface area contributed by atoms with Gasteiger partial charge in [0.05, 0.1) is 0 Å². The summed E-state index contributed by atoms with van der Waals surface area (Å²) in [6, 6.07) is 3.24. The van der Waals surface area contributed by atoms with Crippen molar-refractivity contribution in [3.8, 4) is 0 Å². The minimum absolute atomic E-state index is 0.210. The summed E-state index contributed by atoms with van der Waals surface area (Å²) in [5, 5.41) is 4.50. The van der Waals surface area contributed by atoms with Gasteiger partial charge in [-0.25, -0.2) is 13.4 Å². The molecule has 1 aromatic heterocycles. The topological polar surface area (TPSA) is 74.7 Å². The molecule has 0 saturated heterocycles. The van der Waals surface area contributed by atoms with Crippen LogP contribution < -0.4 is 5.43 Å². The lowest BCUT2D eigenvalue weighted by atomic mass is 9.72. The monoisotopic (exact) mass is 366 g/mol. The van der Waals surface area contributed by atoms with Crippen LogP contribution in [0, 0.1) is 11.3 Å². The van der Waals surface area contributed by atoms with Crippen molar-refractivity contribution >= 4 is 21.6 Å². The summed E-state index contributed by atoms with van der Waals surface area (Å²) in [6.07, 6.45) is 4.56. The lowest BCUT2D eigenvalue weighted by molar-refractivity contribution is 0.266. The van der Waals surface area contributed by atoms with E-state index in [-0.39, 0.29) is 10.3 Å². The van der Waals surface area contributed by atoms with Gasteiger partial charge in [0.1, 0.15) is 10.7 Å². The maximum absolute atomic E-state index is 12.5. The third-order valence-corrected chi connectivity index (χ3v) is 6.61. The Hall–Kier alpha value is -1.47. The van der Waals surface area contributed by atoms with Gasteiger partial charge >= 0.3 is 0 Å². The molecule has 7 heteroatoms. The molecule has 1 saturated carbocycles. The fraction of sp³-hybridized carbons (Fsp3) is 0.667. The number of hydrogen-bond donors (Lipinski definition) is 1. The molecule has 1 heterocycles. The fourth-order valence-electron chi connectivity index (χ4n) is 3.65. The van der Waals surface area contributed by atoms with Gasteiger partial charge in [0.15, 0.2) is 0 Å². The standard InChI is InChI=1S/C18H30N4O2S/c1-6-22(7-2)25(23,24)16-8-9-17(19-13-16)21-20-15-10-14(3)11-18(4,5)12-15/h8-9,13-14H,6-7,10-12H2,1-5H3,(H,19,21)/b20-15+/t14-/m1/s1. The Kier molecular flexibility index (Phi) is 6.21. The molecule has 1 atom stereocenters. The molecule has 0 unspecified atom stereocenters. The van der Waals surface area contributed by atoms with Crippen LogP contribution in [0.5, 0.6) is 0 Å². The summed E-state index contributed by atoms with van der Waals surface area (Å²) >= 11 is 0. The highest BCUT2D eigenvalue weighted by atomic mass is 32.2. The maximum Gasteiger partial charge on any atom is 0.244 e. The normalized spacial score (nSPS) is 22.3. The molecule has 25 heavy (non-hydrogen) atoms. The van der Waals surface area contributed by atoms with Crippen molar-refractivity contribution in [2.75, 3.05) is 18.5 Å². The van der Waals surface area contributed by atoms with E-state index >= 15 is 0 Å². The highest BCUT2D eigenvalue weighted by molar-refractivity contribution is 7.89. The van der Waals surface area contributed by atoms with Crippen LogP contribution in [0.15, 0.2) is 28.3 Å². The van der Waals surface area contributed by atoms with Gasteiger partial charge in [0.2, 0.25) is 10.0 Å². The van der Waals surface area contributed by atoms with Gasteiger partial charge < -0.3 is 0 Å². The fourth-order valence-corrected chi connectivity index (χ4v) is 5.05. The lowest BCUT2D eigenvalue weighted by Gasteiger charge is -2.34. The highest BCUT2D eigenvalue weighted by Crippen LogP contribution is 2.37. The maximum atomic E-state index is 12.5. The third kappa shape index (κ3) is 5.01. The van der Waals surface area contributed by atoms with Crippen molar-refractivity contribution in [1.29, 1.82) is 0 Å². The smallest absolute Gasteiger partial charge is 0.244 e. The molecule has 0 amide bonds. The minimum atomic E-state index is -3.47. The molecule has 0 spiro atoms. The van der Waals surface area contributed by atoms with Gasteiger partial charge in [-0.2, -0.15) is 9.41 Å². The predicted octanol–water partition coefficient (Wildman–Crippen LogP) is 3.73. The molecule has 0 radical (unpaired) electrons. The van der Waals surface area contributed by atoms with Crippen LogP contribution >= 0.6 is 0 Å². The lowest BCUT2D eigenvalue weighted by Crippen LogP contribution is -2.30. The van der Waals surface area contributed by atoms with Crippen molar-refractivity contribution in [3.05, 3.63) is 18.3 Å². The van der Waals surface area contributed by atoms with Gasteiger partial charge in [-0.3, -0.25) is 5.43 Å². The van der Waals surface area contributed by atoms with Crippen LogP contribution in [0.2, 0.25) is 0 Å². The first-order chi connectivity index (χ1) is 11.7. The first-order valence-electron chi connectivity index (χ1n) is 8.95. The largest absolute Gasteiger partial charge is 0.261 e. The summed E-state index contributed by atoms with van der Waals surface area (Å²) < 4.78 is 26.3. The van der Waals surface area contributed by atoms with E-state index in [1.54, 1.807) is 12.1 Å². The van der Waals surface area contributed by atoms with E-state index in [1.165, 1.54) is 16.9 Å². The summed E-state index contributed by atoms with van der Waals surface area (Å²) in [6.45, 7) is 11.3. The molecule has 1 aliphatic carbocycles. The number of aromatic nitrogens is 1. The molecule has 6 nitrogen and oxygen atoms in total. The van der Waals surface area contributed by atoms with Crippen LogP contribution in [0.1, 0.15) is 53.9 Å². The zero-order valence-corrected chi connectivity index (χ0v) is 16.7. The minimum Gasteiger partial charge on any atom is -0.261 e. The number of hydrogen-bond acceptors (Lipinski definition) is 5. The average Bonchev–Trinajstić information content (AvgIpc) is 2.52. The Morgan fingerprint density at radius 2 is 2.00 bits per heavy atom. The molecule has 140 valence electrons. The van der Waals surface area contributed by atoms with Crippen molar-refractivity contribution in [1.82, 2.24) is 9.29 Å². The van der Waals surface area contributed by atoms with Crippen molar-refractivity contribution in [3.63, 3.8) is 0 Å². The van der Waals surface area contributed by atoms with E-state index in [1.807, 2.05) is 13.8 Å². The molecule has 1 fully saturated rings. The van der Waals surface area contributed by atoms with Gasteiger partial charge in [0, 0.05) is 25.0 Å². The van der Waals surface area contributed by atoms with Gasteiger partial charge in [-0.15, -0.1) is 0 Å². The van der Waals surface area contributed by atoms with Crippen LogP contribution in [-0.2, 0) is 10.0 Å². The molecule has 0 bridgehead atoms. The van der Waals surface area contributed by atoms with E-state index in [0.29, 0.717) is 24.8 Å². The summed E-state index contributed by atoms with van der Waals surface area (Å²) in [7, 11) is -3.47. The number of nitrogens with zero attached hydrogens (tertiary/aromatic N) is 3. The van der Waals surface area contributed by atoms with Crippen LogP contribution in [0.4, 0.5) is 5.82 Å². The van der Waals surface area contributed by atoms with Crippen LogP contribution in [0.25, 0.3) is 0 Å². The summed E-state index contributed by atoms with van der Waals surface area (Å²) in [5.74, 6) is 1.18. The molecule has 1 aliphatic rings. The Morgan fingerprint density at radius 1 is 1.32 bits per heavy atom. The number of sulfonamides is 1. The predicted molar refractivity (Wildman–Crippen MR) is 102 cm³/mol. The molecule has 2 rings (SSSR count). The van der Waals surface area contributed by atoms with E-state index < -0.39 is 10.0 Å². The van der Waals surface area contributed by atoms with E-state index in [9.17, 15) is 8.42 Å². The number of anilines is 1. The van der Waals surface area contributed by atoms with Crippen molar-refractivity contribution in [2.24, 2.45) is 16.4 Å². The second-order valence-electron chi connectivity index (χ2n) is 7.61. The molecule has 0 aromatic carbocycles. The molecule has 1 N–H and O–H groups in total. The zero-order chi connectivity index (χ0) is 18.7. The Morgan fingerprint density at radius 3 is 2.52 bits per heavy atom. The first kappa shape index (κ1) is 19.8. The Balaban J connectivity index is 2.09. The number of nitrogens with one attached hydrogen (secondary N) is 1. The zero-order valence-electron chi connectivity index (χ0n) is 15.9. The van der Waals surface area contributed by atoms with Crippen LogP contribution in [-0.4, -0.2) is 36.5 Å². The van der Waals surface area contributed by atoms with E-state index in [2.05, 4.69) is 36.3 Å². The second-order valence-corrected chi connectivity index (χ2v) is 9.55.